The van der Waals surface area contributed by atoms with Crippen LogP contribution in [-0.4, -0.2) is 12.5 Å². The molecule has 4 nitrogen and oxygen atoms in total. The van der Waals surface area contributed by atoms with Gasteiger partial charge in [0.1, 0.15) is 0 Å². The smallest absolute Gasteiger partial charge is 0.243 e. The van der Waals surface area contributed by atoms with Gasteiger partial charge < -0.3 is 17.2 Å². The zero-order valence-corrected chi connectivity index (χ0v) is 5.13. The fraction of sp³-hybridized carbons (Fsp3) is 0.400. The first-order chi connectivity index (χ1) is 4.16. The first-order valence-electron chi connectivity index (χ1n) is 2.62. The monoisotopic (exact) mass is 129 g/mol. The number of amides is 1. The third-order valence-electron chi connectivity index (χ3n) is 0.761. The summed E-state index contributed by atoms with van der Waals surface area (Å²) in [5.41, 5.74) is 15.6. The van der Waals surface area contributed by atoms with E-state index in [2.05, 4.69) is 0 Å². The molecule has 0 radical (unpaired) electrons. The van der Waals surface area contributed by atoms with Crippen LogP contribution < -0.4 is 17.2 Å². The molecule has 0 aromatic rings. The van der Waals surface area contributed by atoms with Crippen molar-refractivity contribution in [2.75, 3.05) is 6.54 Å². The lowest BCUT2D eigenvalue weighted by atomic mass is 10.3. The van der Waals surface area contributed by atoms with Gasteiger partial charge in [0.25, 0.3) is 0 Å². The summed E-state index contributed by atoms with van der Waals surface area (Å²) in [5.74, 6) is -0.527. The number of hydrogen-bond donors (Lipinski definition) is 3. The summed E-state index contributed by atoms with van der Waals surface area (Å²) in [5, 5.41) is 0. The maximum atomic E-state index is 10.1. The Balaban J connectivity index is 3.69. The van der Waals surface area contributed by atoms with Crippen molar-refractivity contribution in [3.8, 4) is 0 Å². The summed E-state index contributed by atoms with van der Waals surface area (Å²) >= 11 is 0. The van der Waals surface area contributed by atoms with Crippen molar-refractivity contribution in [2.45, 2.75) is 6.42 Å². The lowest BCUT2D eigenvalue weighted by Gasteiger charge is -1.93. The Morgan fingerprint density at radius 2 is 2.00 bits per heavy atom. The van der Waals surface area contributed by atoms with Crippen molar-refractivity contribution in [3.63, 3.8) is 0 Å². The third-order valence-corrected chi connectivity index (χ3v) is 0.761. The Kier molecular flexibility index (Phi) is 3.46. The van der Waals surface area contributed by atoms with E-state index < -0.39 is 5.91 Å². The lowest BCUT2D eigenvalue weighted by molar-refractivity contribution is -0.113. The Morgan fingerprint density at radius 3 is 2.33 bits per heavy atom. The maximum absolute atomic E-state index is 10.1. The molecule has 0 unspecified atom stereocenters. The maximum Gasteiger partial charge on any atom is 0.243 e. The number of carbonyl (C=O) groups excluding carboxylic acids is 1. The molecule has 0 heterocycles. The predicted molar refractivity (Wildman–Crippen MR) is 35.1 cm³/mol. The van der Waals surface area contributed by atoms with Crippen LogP contribution in [0, 0.1) is 0 Å². The molecule has 4 heteroatoms. The third kappa shape index (κ3) is 4.83. The number of nitrogens with two attached hydrogens (primary N) is 3. The number of hydrogen-bond acceptors (Lipinski definition) is 3. The minimum absolute atomic E-state index is 0.435. The van der Waals surface area contributed by atoms with E-state index in [0.29, 0.717) is 18.7 Å². The predicted octanol–water partition coefficient (Wildman–Crippen LogP) is -1.34. The molecule has 1 amide bonds. The Bertz CT molecular complexity index is 130. The van der Waals surface area contributed by atoms with Crippen LogP contribution in [0.3, 0.4) is 0 Å². The van der Waals surface area contributed by atoms with Crippen LogP contribution in [0.2, 0.25) is 0 Å². The molecule has 0 atom stereocenters. The molecule has 52 valence electrons. The van der Waals surface area contributed by atoms with Crippen molar-refractivity contribution in [1.82, 2.24) is 0 Å². The summed E-state index contributed by atoms with van der Waals surface area (Å²) in [6.07, 6.45) is 1.69. The van der Waals surface area contributed by atoms with Crippen molar-refractivity contribution < 1.29 is 4.79 Å². The molecule has 0 aromatic heterocycles. The highest BCUT2D eigenvalue weighted by Gasteiger charge is 1.89. The van der Waals surface area contributed by atoms with E-state index in [1.807, 2.05) is 0 Å². The molecule has 9 heavy (non-hydrogen) atoms. The molecule has 0 rings (SSSR count). The molecular weight excluding hydrogens is 118 g/mol. The van der Waals surface area contributed by atoms with Gasteiger partial charge in [-0.3, -0.25) is 4.79 Å². The molecule has 0 aromatic carbocycles. The van der Waals surface area contributed by atoms with Gasteiger partial charge in [-0.2, -0.15) is 0 Å². The van der Waals surface area contributed by atoms with Crippen LogP contribution in [0.5, 0.6) is 0 Å². The minimum atomic E-state index is -0.527. The normalized spacial score (nSPS) is 11.4. The number of carbonyl (C=O) groups is 1. The van der Waals surface area contributed by atoms with Crippen LogP contribution in [-0.2, 0) is 4.79 Å². The first-order valence-corrected chi connectivity index (χ1v) is 2.62. The topological polar surface area (TPSA) is 95.1 Å². The Morgan fingerprint density at radius 1 is 1.44 bits per heavy atom. The molecule has 6 N–H and O–H groups in total. The van der Waals surface area contributed by atoms with E-state index in [-0.39, 0.29) is 0 Å². The van der Waals surface area contributed by atoms with Crippen molar-refractivity contribution in [1.29, 1.82) is 0 Å². The zero-order valence-electron chi connectivity index (χ0n) is 5.13. The van der Waals surface area contributed by atoms with Gasteiger partial charge in [-0.1, -0.05) is 0 Å². The molecule has 0 spiro atoms. The summed E-state index contributed by atoms with van der Waals surface area (Å²) in [7, 11) is 0. The van der Waals surface area contributed by atoms with Crippen molar-refractivity contribution in [2.24, 2.45) is 17.2 Å². The van der Waals surface area contributed by atoms with E-state index in [9.17, 15) is 4.79 Å². The molecule has 0 aliphatic heterocycles. The van der Waals surface area contributed by atoms with Crippen LogP contribution in [0.4, 0.5) is 0 Å². The fourth-order valence-corrected chi connectivity index (χ4v) is 0.422. The Labute approximate surface area is 53.7 Å². The largest absolute Gasteiger partial charge is 0.402 e. The van der Waals surface area contributed by atoms with Gasteiger partial charge in [0, 0.05) is 11.8 Å². The van der Waals surface area contributed by atoms with Crippen LogP contribution in [0.15, 0.2) is 11.8 Å². The van der Waals surface area contributed by atoms with Gasteiger partial charge >= 0.3 is 0 Å². The van der Waals surface area contributed by atoms with E-state index in [0.717, 1.165) is 0 Å². The second-order valence-corrected chi connectivity index (χ2v) is 1.66. The highest BCUT2D eigenvalue weighted by Crippen LogP contribution is 1.86. The summed E-state index contributed by atoms with van der Waals surface area (Å²) < 4.78 is 0. The van der Waals surface area contributed by atoms with E-state index in [1.54, 1.807) is 0 Å². The van der Waals surface area contributed by atoms with Gasteiger partial charge in [0.05, 0.1) is 0 Å². The second kappa shape index (κ2) is 3.91. The Hall–Kier alpha value is -1.03. The average Bonchev–Trinajstić information content (AvgIpc) is 1.63. The summed E-state index contributed by atoms with van der Waals surface area (Å²) in [4.78, 5) is 10.1. The zero-order chi connectivity index (χ0) is 7.28. The van der Waals surface area contributed by atoms with Gasteiger partial charge in [-0.15, -0.1) is 0 Å². The summed E-state index contributed by atoms with van der Waals surface area (Å²) in [6, 6.07) is 0. The standard InChI is InChI=1S/C5H11N3O/c6-2-1-4(7)3-5(8)9/h3H,1-2,6-7H2,(H2,8,9)/b4-3-. The molecule has 0 bridgehead atoms. The highest BCUT2D eigenvalue weighted by atomic mass is 16.1. The fourth-order valence-electron chi connectivity index (χ4n) is 0.422. The average molecular weight is 129 g/mol. The molecule has 0 aliphatic carbocycles. The molecule has 0 aliphatic rings. The van der Waals surface area contributed by atoms with Gasteiger partial charge in [0.15, 0.2) is 0 Å². The van der Waals surface area contributed by atoms with Crippen LogP contribution >= 0.6 is 0 Å². The van der Waals surface area contributed by atoms with Gasteiger partial charge in [-0.25, -0.2) is 0 Å². The van der Waals surface area contributed by atoms with Crippen molar-refractivity contribution >= 4 is 5.91 Å². The van der Waals surface area contributed by atoms with E-state index >= 15 is 0 Å². The number of rotatable bonds is 3. The molecule has 0 fully saturated rings. The van der Waals surface area contributed by atoms with Crippen LogP contribution in [0.1, 0.15) is 6.42 Å². The highest BCUT2D eigenvalue weighted by molar-refractivity contribution is 5.86. The lowest BCUT2D eigenvalue weighted by Crippen LogP contribution is -2.12. The number of primary amides is 1. The quantitative estimate of drug-likeness (QED) is 0.412. The van der Waals surface area contributed by atoms with Crippen molar-refractivity contribution in [3.05, 3.63) is 11.8 Å². The molecule has 0 saturated carbocycles. The van der Waals surface area contributed by atoms with E-state index in [1.165, 1.54) is 6.08 Å². The van der Waals surface area contributed by atoms with Gasteiger partial charge in [0.2, 0.25) is 5.91 Å². The molecule has 0 saturated heterocycles. The minimum Gasteiger partial charge on any atom is -0.402 e. The molecular formula is C5H11N3O. The SMILES string of the molecule is NCC/C(N)=C/C(N)=O. The first kappa shape index (κ1) is 7.97. The second-order valence-electron chi connectivity index (χ2n) is 1.66. The van der Waals surface area contributed by atoms with Gasteiger partial charge in [-0.05, 0) is 13.0 Å². The van der Waals surface area contributed by atoms with Crippen LogP contribution in [0.25, 0.3) is 0 Å². The van der Waals surface area contributed by atoms with E-state index in [4.69, 9.17) is 17.2 Å². The summed E-state index contributed by atoms with van der Waals surface area (Å²) in [6.45, 7) is 0.440.